The van der Waals surface area contributed by atoms with E-state index in [1.54, 1.807) is 30.7 Å². The molecule has 0 spiro atoms. The molecule has 1 amide bonds. The molecule has 0 bridgehead atoms. The number of aromatic nitrogens is 2. The molecule has 1 unspecified atom stereocenters. The molecule has 1 atom stereocenters. The summed E-state index contributed by atoms with van der Waals surface area (Å²) in [7, 11) is 0. The van der Waals surface area contributed by atoms with Crippen molar-refractivity contribution in [2.45, 2.75) is 19.0 Å². The Morgan fingerprint density at radius 2 is 1.85 bits per heavy atom. The lowest BCUT2D eigenvalue weighted by atomic mass is 10.1. The maximum Gasteiger partial charge on any atom is 0.246 e. The molecule has 27 heavy (non-hydrogen) atoms. The van der Waals surface area contributed by atoms with Crippen molar-refractivity contribution in [3.05, 3.63) is 82.9 Å². The van der Waals surface area contributed by atoms with Gasteiger partial charge in [0.05, 0.1) is 6.33 Å². The van der Waals surface area contributed by atoms with Gasteiger partial charge in [-0.15, -0.1) is 0 Å². The van der Waals surface area contributed by atoms with Crippen molar-refractivity contribution in [2.75, 3.05) is 11.9 Å². The number of carbonyl (C=O) groups is 1. The van der Waals surface area contributed by atoms with Crippen molar-refractivity contribution in [1.29, 1.82) is 0 Å². The van der Waals surface area contributed by atoms with Gasteiger partial charge >= 0.3 is 0 Å². The van der Waals surface area contributed by atoms with Crippen molar-refractivity contribution in [3.8, 4) is 0 Å². The molecular weight excluding hydrogens is 383 g/mol. The Labute approximate surface area is 168 Å². The number of aryl methyl sites for hydroxylation is 1. The third-order valence-corrected chi connectivity index (χ3v) is 4.46. The fraction of sp³-hybridized carbons (Fsp3) is 0.200. The molecule has 0 aliphatic rings. The van der Waals surface area contributed by atoms with Crippen LogP contribution in [0.5, 0.6) is 0 Å². The Morgan fingerprint density at radius 1 is 1.11 bits per heavy atom. The van der Waals surface area contributed by atoms with Crippen LogP contribution in [0, 0.1) is 0 Å². The van der Waals surface area contributed by atoms with Crippen LogP contribution in [-0.4, -0.2) is 22.0 Å². The second-order valence-electron chi connectivity index (χ2n) is 6.10. The van der Waals surface area contributed by atoms with E-state index >= 15 is 0 Å². The molecule has 7 heteroatoms. The van der Waals surface area contributed by atoms with Crippen LogP contribution in [-0.2, 0) is 11.3 Å². The Morgan fingerprint density at radius 3 is 2.52 bits per heavy atom. The zero-order valence-corrected chi connectivity index (χ0v) is 16.1. The van der Waals surface area contributed by atoms with E-state index in [1.807, 2.05) is 41.1 Å². The van der Waals surface area contributed by atoms with Crippen molar-refractivity contribution in [3.63, 3.8) is 0 Å². The highest BCUT2D eigenvalue weighted by Crippen LogP contribution is 2.24. The fourth-order valence-electron chi connectivity index (χ4n) is 2.77. The Hall–Kier alpha value is -2.34. The number of rotatable bonds is 8. The maximum absolute atomic E-state index is 12.9. The first-order chi connectivity index (χ1) is 13.1. The number of hydrogen-bond acceptors (Lipinski definition) is 3. The molecule has 140 valence electrons. The summed E-state index contributed by atoms with van der Waals surface area (Å²) in [6.45, 7) is 1.52. The van der Waals surface area contributed by atoms with Gasteiger partial charge in [0.1, 0.15) is 6.04 Å². The third-order valence-electron chi connectivity index (χ3n) is 4.03. The van der Waals surface area contributed by atoms with Gasteiger partial charge in [-0.1, -0.05) is 53.5 Å². The SMILES string of the molecule is O=C(Nc1cc(Cl)cc(Cl)c1)C(NCCCn1ccnc1)c1ccccc1. The molecule has 0 aliphatic carbocycles. The van der Waals surface area contributed by atoms with Crippen LogP contribution in [0.25, 0.3) is 0 Å². The van der Waals surface area contributed by atoms with E-state index in [-0.39, 0.29) is 5.91 Å². The number of benzene rings is 2. The Balaban J connectivity index is 1.66. The highest BCUT2D eigenvalue weighted by molar-refractivity contribution is 6.35. The van der Waals surface area contributed by atoms with Gasteiger partial charge in [0.25, 0.3) is 0 Å². The summed E-state index contributed by atoms with van der Waals surface area (Å²) < 4.78 is 2.01. The number of nitrogens with zero attached hydrogens (tertiary/aromatic N) is 2. The second kappa shape index (κ2) is 9.55. The van der Waals surface area contributed by atoms with E-state index in [4.69, 9.17) is 23.2 Å². The summed E-state index contributed by atoms with van der Waals surface area (Å²) in [6, 6.07) is 14.1. The van der Waals surface area contributed by atoms with E-state index in [0.717, 1.165) is 18.5 Å². The molecule has 0 saturated carbocycles. The molecule has 5 nitrogen and oxygen atoms in total. The van der Waals surface area contributed by atoms with Crippen LogP contribution in [0.15, 0.2) is 67.3 Å². The maximum atomic E-state index is 12.9. The second-order valence-corrected chi connectivity index (χ2v) is 6.97. The van der Waals surface area contributed by atoms with Crippen molar-refractivity contribution >= 4 is 34.8 Å². The summed E-state index contributed by atoms with van der Waals surface area (Å²) in [5.74, 6) is -0.165. The topological polar surface area (TPSA) is 59.0 Å². The highest BCUT2D eigenvalue weighted by Gasteiger charge is 2.20. The van der Waals surface area contributed by atoms with Gasteiger partial charge in [0, 0.05) is 34.7 Å². The number of hydrogen-bond donors (Lipinski definition) is 2. The fourth-order valence-corrected chi connectivity index (χ4v) is 3.30. The summed E-state index contributed by atoms with van der Waals surface area (Å²) in [5, 5.41) is 7.18. The van der Waals surface area contributed by atoms with Crippen molar-refractivity contribution < 1.29 is 4.79 Å². The number of nitrogens with one attached hydrogen (secondary N) is 2. The first kappa shape index (κ1) is 19.4. The van der Waals surface area contributed by atoms with Crippen LogP contribution in [0.2, 0.25) is 10.0 Å². The normalized spacial score (nSPS) is 11.9. The summed E-state index contributed by atoms with van der Waals surface area (Å²) in [6.07, 6.45) is 6.33. The molecule has 3 rings (SSSR count). The Bertz CT molecular complexity index is 849. The third kappa shape index (κ3) is 5.82. The minimum absolute atomic E-state index is 0.165. The molecular formula is C20H20Cl2N4O. The van der Waals surface area contributed by atoms with Gasteiger partial charge in [0.15, 0.2) is 0 Å². The van der Waals surface area contributed by atoms with Crippen LogP contribution in [0.4, 0.5) is 5.69 Å². The van der Waals surface area contributed by atoms with Crippen LogP contribution < -0.4 is 10.6 Å². The van der Waals surface area contributed by atoms with Crippen molar-refractivity contribution in [2.24, 2.45) is 0 Å². The number of halogens is 2. The van der Waals surface area contributed by atoms with Gasteiger partial charge < -0.3 is 15.2 Å². The quantitative estimate of drug-likeness (QED) is 0.543. The number of anilines is 1. The predicted molar refractivity (Wildman–Crippen MR) is 109 cm³/mol. The van der Waals surface area contributed by atoms with Crippen LogP contribution >= 0.6 is 23.2 Å². The molecule has 3 aromatic rings. The van der Waals surface area contributed by atoms with E-state index in [1.165, 1.54) is 0 Å². The molecule has 1 heterocycles. The molecule has 2 aromatic carbocycles. The summed E-state index contributed by atoms with van der Waals surface area (Å²) in [4.78, 5) is 16.9. The van der Waals surface area contributed by atoms with E-state index in [9.17, 15) is 4.79 Å². The number of carbonyl (C=O) groups excluding carboxylic acids is 1. The van der Waals surface area contributed by atoms with E-state index in [2.05, 4.69) is 15.6 Å². The first-order valence-electron chi connectivity index (χ1n) is 8.63. The van der Waals surface area contributed by atoms with E-state index < -0.39 is 6.04 Å². The minimum Gasteiger partial charge on any atom is -0.337 e. The molecule has 0 saturated heterocycles. The van der Waals surface area contributed by atoms with E-state index in [0.29, 0.717) is 22.3 Å². The largest absolute Gasteiger partial charge is 0.337 e. The lowest BCUT2D eigenvalue weighted by Gasteiger charge is -2.19. The van der Waals surface area contributed by atoms with Crippen molar-refractivity contribution in [1.82, 2.24) is 14.9 Å². The lowest BCUT2D eigenvalue weighted by molar-refractivity contribution is -0.118. The zero-order chi connectivity index (χ0) is 19.1. The average Bonchev–Trinajstić information content (AvgIpc) is 3.15. The number of amides is 1. The molecule has 0 fully saturated rings. The average molecular weight is 403 g/mol. The standard InChI is InChI=1S/C20H20Cl2N4O/c21-16-11-17(22)13-18(12-16)25-20(27)19(15-5-2-1-3-6-15)24-7-4-9-26-10-8-23-14-26/h1-3,5-6,8,10-14,19,24H,4,7,9H2,(H,25,27). The summed E-state index contributed by atoms with van der Waals surface area (Å²) in [5.41, 5.74) is 1.46. The minimum atomic E-state index is -0.480. The monoisotopic (exact) mass is 402 g/mol. The zero-order valence-electron chi connectivity index (χ0n) is 14.6. The molecule has 2 N–H and O–H groups in total. The first-order valence-corrected chi connectivity index (χ1v) is 9.38. The highest BCUT2D eigenvalue weighted by atomic mass is 35.5. The lowest BCUT2D eigenvalue weighted by Crippen LogP contribution is -2.34. The Kier molecular flexibility index (Phi) is 6.87. The van der Waals surface area contributed by atoms with Gasteiger partial charge in [-0.05, 0) is 36.7 Å². The smallest absolute Gasteiger partial charge is 0.246 e. The van der Waals surface area contributed by atoms with Crippen LogP contribution in [0.1, 0.15) is 18.0 Å². The van der Waals surface area contributed by atoms with Gasteiger partial charge in [-0.25, -0.2) is 4.98 Å². The molecule has 1 aromatic heterocycles. The van der Waals surface area contributed by atoms with Gasteiger partial charge in [0.2, 0.25) is 5.91 Å². The molecule has 0 radical (unpaired) electrons. The van der Waals surface area contributed by atoms with Crippen LogP contribution in [0.3, 0.4) is 0 Å². The van der Waals surface area contributed by atoms with Gasteiger partial charge in [-0.2, -0.15) is 0 Å². The number of imidazole rings is 1. The molecule has 0 aliphatic heterocycles. The van der Waals surface area contributed by atoms with Gasteiger partial charge in [-0.3, -0.25) is 4.79 Å². The predicted octanol–water partition coefficient (Wildman–Crippen LogP) is 4.55. The summed E-state index contributed by atoms with van der Waals surface area (Å²) >= 11 is 12.0.